The van der Waals surface area contributed by atoms with Crippen LogP contribution in [0.4, 0.5) is 5.69 Å². The van der Waals surface area contributed by atoms with Gasteiger partial charge in [0.2, 0.25) is 0 Å². The lowest BCUT2D eigenvalue weighted by atomic mass is 10.0. The number of benzene rings is 3. The highest BCUT2D eigenvalue weighted by atomic mass is 32.2. The van der Waals surface area contributed by atoms with E-state index in [0.29, 0.717) is 0 Å². The van der Waals surface area contributed by atoms with Crippen LogP contribution in [0.1, 0.15) is 49.8 Å². The zero-order chi connectivity index (χ0) is 23.8. The number of hydrogen-bond acceptors (Lipinski definition) is 4. The van der Waals surface area contributed by atoms with Gasteiger partial charge < -0.3 is 4.31 Å². The summed E-state index contributed by atoms with van der Waals surface area (Å²) in [6.45, 7) is 6.37. The van der Waals surface area contributed by atoms with Crippen molar-refractivity contribution in [3.63, 3.8) is 0 Å². The predicted molar refractivity (Wildman–Crippen MR) is 148 cm³/mol. The van der Waals surface area contributed by atoms with Gasteiger partial charge in [0, 0.05) is 50.1 Å². The second-order valence-corrected chi connectivity index (χ2v) is 10.1. The Morgan fingerprint density at radius 2 is 1.47 bits per heavy atom. The molecule has 0 saturated heterocycles. The van der Waals surface area contributed by atoms with Crippen molar-refractivity contribution in [2.24, 2.45) is 4.99 Å². The summed E-state index contributed by atoms with van der Waals surface area (Å²) >= 11 is 1.77. The molecule has 0 radical (unpaired) electrons. The smallest absolute Gasteiger partial charge is 0.0520 e. The molecular formula is C30H35N3S. The normalized spacial score (nSPS) is 13.5. The van der Waals surface area contributed by atoms with E-state index >= 15 is 0 Å². The maximum Gasteiger partial charge on any atom is 0.0520 e. The molecule has 0 unspecified atom stereocenters. The number of aryl methyl sites for hydroxylation is 1. The zero-order valence-corrected chi connectivity index (χ0v) is 21.4. The fourth-order valence-corrected chi connectivity index (χ4v) is 5.13. The van der Waals surface area contributed by atoms with Gasteiger partial charge in [-0.1, -0.05) is 79.7 Å². The lowest BCUT2D eigenvalue weighted by molar-refractivity contribution is 0.492. The molecule has 0 amide bonds. The number of allylic oxidation sites excluding steroid dienone is 2. The van der Waals surface area contributed by atoms with Crippen LogP contribution >= 0.6 is 12.1 Å². The van der Waals surface area contributed by atoms with Gasteiger partial charge in [0.05, 0.1) is 5.71 Å². The van der Waals surface area contributed by atoms with E-state index in [4.69, 9.17) is 4.99 Å². The van der Waals surface area contributed by atoms with Gasteiger partial charge in [0.15, 0.2) is 0 Å². The fraction of sp³-hybridized carbons (Fsp3) is 0.300. The molecule has 0 atom stereocenters. The summed E-state index contributed by atoms with van der Waals surface area (Å²) in [5, 5.41) is 0. The van der Waals surface area contributed by atoms with Crippen molar-refractivity contribution in [1.82, 2.24) is 4.31 Å². The van der Waals surface area contributed by atoms with E-state index in [1.54, 1.807) is 12.1 Å². The second-order valence-electron chi connectivity index (χ2n) is 8.87. The molecule has 1 heterocycles. The van der Waals surface area contributed by atoms with Crippen LogP contribution in [0.2, 0.25) is 0 Å². The van der Waals surface area contributed by atoms with Crippen LogP contribution in [0.15, 0.2) is 101 Å². The van der Waals surface area contributed by atoms with Gasteiger partial charge in [-0.25, -0.2) is 4.31 Å². The average molecular weight is 470 g/mol. The monoisotopic (exact) mass is 469 g/mol. The summed E-state index contributed by atoms with van der Waals surface area (Å²) in [7, 11) is 2.13. The Balaban J connectivity index is 1.26. The van der Waals surface area contributed by atoms with Crippen molar-refractivity contribution in [3.05, 3.63) is 113 Å². The number of para-hydroxylation sites is 1. The number of nitrogens with zero attached hydrogens (tertiary/aromatic N) is 3. The Hall–Kier alpha value is -2.82. The standard InChI is InChI=1S/C30H35N3S/c1-4-33(34-32(3)28-15-9-6-10-16-28)23-26-20-18-25(19-21-26)12-11-17-29-24(2)22-30(31-29)27-13-7-5-8-14-27/h5-10,13-16,18-21H,4,11-12,17,22-23H2,1-3H3. The van der Waals surface area contributed by atoms with Crippen LogP contribution < -0.4 is 4.31 Å². The molecule has 1 aliphatic rings. The van der Waals surface area contributed by atoms with Gasteiger partial charge in [0.1, 0.15) is 0 Å². The van der Waals surface area contributed by atoms with E-state index in [0.717, 1.165) is 38.8 Å². The molecule has 3 nitrogen and oxygen atoms in total. The number of hydrogen-bond donors (Lipinski definition) is 0. The lowest BCUT2D eigenvalue weighted by Gasteiger charge is -2.26. The summed E-state index contributed by atoms with van der Waals surface area (Å²) in [5.41, 5.74) is 9.15. The van der Waals surface area contributed by atoms with Gasteiger partial charge in [0.25, 0.3) is 0 Å². The Morgan fingerprint density at radius 3 is 2.15 bits per heavy atom. The number of rotatable bonds is 11. The minimum absolute atomic E-state index is 0.932. The molecule has 3 aromatic rings. The Kier molecular flexibility index (Phi) is 8.62. The third kappa shape index (κ3) is 6.62. The molecule has 0 bridgehead atoms. The maximum atomic E-state index is 4.96. The van der Waals surface area contributed by atoms with E-state index in [1.807, 2.05) is 0 Å². The molecule has 0 aromatic heterocycles. The zero-order valence-electron chi connectivity index (χ0n) is 20.6. The molecule has 0 saturated carbocycles. The van der Waals surface area contributed by atoms with Crippen LogP contribution in [0, 0.1) is 0 Å². The first-order chi connectivity index (χ1) is 16.6. The van der Waals surface area contributed by atoms with E-state index in [-0.39, 0.29) is 0 Å². The van der Waals surface area contributed by atoms with Crippen molar-refractivity contribution in [2.75, 3.05) is 17.9 Å². The molecule has 0 aliphatic carbocycles. The average Bonchev–Trinajstić information content (AvgIpc) is 3.26. The molecule has 0 spiro atoms. The third-order valence-corrected chi connectivity index (χ3v) is 7.35. The van der Waals surface area contributed by atoms with Crippen LogP contribution in [-0.2, 0) is 13.0 Å². The highest BCUT2D eigenvalue weighted by molar-refractivity contribution is 7.98. The largest absolute Gasteiger partial charge is 0.306 e. The first kappa shape index (κ1) is 24.3. The van der Waals surface area contributed by atoms with E-state index in [2.05, 4.69) is 114 Å². The van der Waals surface area contributed by atoms with E-state index in [1.165, 1.54) is 39.4 Å². The van der Waals surface area contributed by atoms with Crippen LogP contribution in [-0.4, -0.2) is 23.6 Å². The second kappa shape index (κ2) is 12.0. The summed E-state index contributed by atoms with van der Waals surface area (Å²) in [4.78, 5) is 4.96. The van der Waals surface area contributed by atoms with Crippen molar-refractivity contribution >= 4 is 23.5 Å². The molecule has 0 fully saturated rings. The van der Waals surface area contributed by atoms with E-state index in [9.17, 15) is 0 Å². The first-order valence-corrected chi connectivity index (χ1v) is 13.0. The maximum absolute atomic E-state index is 4.96. The van der Waals surface area contributed by atoms with Crippen molar-refractivity contribution < 1.29 is 0 Å². The van der Waals surface area contributed by atoms with Crippen LogP contribution in [0.3, 0.4) is 0 Å². The summed E-state index contributed by atoms with van der Waals surface area (Å²) in [6, 6.07) is 30.2. The summed E-state index contributed by atoms with van der Waals surface area (Å²) in [5.74, 6) is 0. The molecule has 4 rings (SSSR count). The lowest BCUT2D eigenvalue weighted by Crippen LogP contribution is -2.22. The van der Waals surface area contributed by atoms with Gasteiger partial charge >= 0.3 is 0 Å². The molecule has 34 heavy (non-hydrogen) atoms. The highest BCUT2D eigenvalue weighted by Gasteiger charge is 2.15. The Bertz CT molecular complexity index is 1100. The van der Waals surface area contributed by atoms with Gasteiger partial charge in [-0.2, -0.15) is 0 Å². The molecular weight excluding hydrogens is 434 g/mol. The molecule has 0 N–H and O–H groups in total. The Morgan fingerprint density at radius 1 is 0.824 bits per heavy atom. The highest BCUT2D eigenvalue weighted by Crippen LogP contribution is 2.27. The van der Waals surface area contributed by atoms with Crippen LogP contribution in [0.25, 0.3) is 0 Å². The van der Waals surface area contributed by atoms with Crippen molar-refractivity contribution in [3.8, 4) is 0 Å². The SMILES string of the molecule is CCN(Cc1ccc(CCCC2=C(C)CC(c3ccccc3)=N2)cc1)SN(C)c1ccccc1. The minimum Gasteiger partial charge on any atom is -0.306 e. The molecule has 4 heteroatoms. The van der Waals surface area contributed by atoms with Crippen molar-refractivity contribution in [2.45, 2.75) is 46.1 Å². The van der Waals surface area contributed by atoms with E-state index < -0.39 is 0 Å². The third-order valence-electron chi connectivity index (χ3n) is 6.27. The summed E-state index contributed by atoms with van der Waals surface area (Å²) in [6.07, 6.45) is 4.27. The quantitative estimate of drug-likeness (QED) is 0.268. The number of aliphatic imine (C=N–C) groups is 1. The van der Waals surface area contributed by atoms with Gasteiger partial charge in [-0.3, -0.25) is 4.99 Å². The Labute approximate surface area is 209 Å². The van der Waals surface area contributed by atoms with Crippen molar-refractivity contribution in [1.29, 1.82) is 0 Å². The minimum atomic E-state index is 0.932. The molecule has 3 aromatic carbocycles. The summed E-state index contributed by atoms with van der Waals surface area (Å²) < 4.78 is 4.61. The fourth-order valence-electron chi connectivity index (χ4n) is 4.25. The van der Waals surface area contributed by atoms with Crippen LogP contribution in [0.5, 0.6) is 0 Å². The van der Waals surface area contributed by atoms with Gasteiger partial charge in [-0.05, 0) is 60.6 Å². The first-order valence-electron chi connectivity index (χ1n) is 12.2. The predicted octanol–water partition coefficient (Wildman–Crippen LogP) is 7.70. The van der Waals surface area contributed by atoms with Gasteiger partial charge in [-0.15, -0.1) is 0 Å². The number of anilines is 1. The molecule has 1 aliphatic heterocycles. The molecule has 176 valence electrons. The topological polar surface area (TPSA) is 18.8 Å².